The van der Waals surface area contributed by atoms with E-state index in [1.807, 2.05) is 29.7 Å². The molecule has 0 radical (unpaired) electrons. The molecule has 0 fully saturated rings. The van der Waals surface area contributed by atoms with Crippen molar-refractivity contribution in [1.82, 2.24) is 19.5 Å². The maximum atomic E-state index is 6.08. The first-order chi connectivity index (χ1) is 12.2. The van der Waals surface area contributed by atoms with Gasteiger partial charge in [0, 0.05) is 6.54 Å². The summed E-state index contributed by atoms with van der Waals surface area (Å²) in [6.45, 7) is 4.73. The average molecular weight is 340 g/mol. The fourth-order valence-corrected chi connectivity index (χ4v) is 2.87. The van der Waals surface area contributed by atoms with Crippen LogP contribution in [0.3, 0.4) is 0 Å². The van der Waals surface area contributed by atoms with Gasteiger partial charge in [0.05, 0.1) is 19.8 Å². The SMILES string of the molecule is Cc1nc2c(N)nc3nc2n1Cc1cccc(c1)OCCOCCN3. The van der Waals surface area contributed by atoms with E-state index in [4.69, 9.17) is 15.2 Å². The predicted octanol–water partition coefficient (Wildman–Crippen LogP) is 1.59. The van der Waals surface area contributed by atoms with E-state index in [0.717, 1.165) is 22.8 Å². The number of fused-ring (bicyclic) bond motifs is 3. The lowest BCUT2D eigenvalue weighted by molar-refractivity contribution is 0.107. The minimum Gasteiger partial charge on any atom is -0.491 e. The zero-order valence-electron chi connectivity index (χ0n) is 14.0. The van der Waals surface area contributed by atoms with E-state index in [9.17, 15) is 0 Å². The number of aryl methyl sites for hydroxylation is 1. The molecule has 0 saturated heterocycles. The molecule has 4 bridgehead atoms. The van der Waals surface area contributed by atoms with Crippen LogP contribution >= 0.6 is 0 Å². The summed E-state index contributed by atoms with van der Waals surface area (Å²) in [5.74, 6) is 2.52. The zero-order valence-corrected chi connectivity index (χ0v) is 14.0. The smallest absolute Gasteiger partial charge is 0.226 e. The van der Waals surface area contributed by atoms with Crippen molar-refractivity contribution in [1.29, 1.82) is 0 Å². The molecule has 0 atom stereocenters. The lowest BCUT2D eigenvalue weighted by atomic mass is 10.2. The Hall–Kier alpha value is -2.87. The molecule has 25 heavy (non-hydrogen) atoms. The first-order valence-corrected chi connectivity index (χ1v) is 8.24. The van der Waals surface area contributed by atoms with Crippen LogP contribution < -0.4 is 15.8 Å². The molecule has 3 aromatic rings. The fraction of sp³-hybridized carbons (Fsp3) is 0.353. The van der Waals surface area contributed by atoms with E-state index >= 15 is 0 Å². The number of hydrogen-bond donors (Lipinski definition) is 2. The Kier molecular flexibility index (Phi) is 4.10. The number of nitrogens with one attached hydrogen (secondary N) is 1. The highest BCUT2D eigenvalue weighted by Gasteiger charge is 2.15. The van der Waals surface area contributed by atoms with Crippen LogP contribution in [0.1, 0.15) is 11.4 Å². The van der Waals surface area contributed by atoms with E-state index in [2.05, 4.69) is 26.3 Å². The predicted molar refractivity (Wildman–Crippen MR) is 94.8 cm³/mol. The summed E-state index contributed by atoms with van der Waals surface area (Å²) in [6, 6.07) is 8.00. The van der Waals surface area contributed by atoms with Crippen molar-refractivity contribution in [2.75, 3.05) is 37.4 Å². The second-order valence-corrected chi connectivity index (χ2v) is 5.88. The quantitative estimate of drug-likeness (QED) is 0.641. The molecule has 1 aromatic carbocycles. The lowest BCUT2D eigenvalue weighted by Gasteiger charge is -2.10. The molecular formula is C17H20N6O2. The Labute approximate surface area is 145 Å². The number of imidazole rings is 1. The van der Waals surface area contributed by atoms with Gasteiger partial charge in [-0.3, -0.25) is 0 Å². The van der Waals surface area contributed by atoms with Gasteiger partial charge in [0.2, 0.25) is 5.95 Å². The molecule has 4 rings (SSSR count). The highest BCUT2D eigenvalue weighted by Crippen LogP contribution is 2.23. The second-order valence-electron chi connectivity index (χ2n) is 5.88. The van der Waals surface area contributed by atoms with Crippen molar-refractivity contribution in [2.45, 2.75) is 13.5 Å². The third-order valence-electron chi connectivity index (χ3n) is 4.08. The normalized spacial score (nSPS) is 15.2. The van der Waals surface area contributed by atoms with Crippen molar-refractivity contribution in [3.05, 3.63) is 35.7 Å². The Morgan fingerprint density at radius 1 is 1.16 bits per heavy atom. The molecule has 3 heterocycles. The number of nitrogen functional groups attached to an aromatic ring is 1. The number of nitrogens with zero attached hydrogens (tertiary/aromatic N) is 4. The summed E-state index contributed by atoms with van der Waals surface area (Å²) in [6.07, 6.45) is 0. The van der Waals surface area contributed by atoms with Gasteiger partial charge in [-0.05, 0) is 24.6 Å². The van der Waals surface area contributed by atoms with Crippen LogP contribution in [0.2, 0.25) is 0 Å². The number of nitrogens with two attached hydrogens (primary N) is 1. The van der Waals surface area contributed by atoms with Crippen LogP contribution in [-0.4, -0.2) is 45.9 Å². The molecule has 3 N–H and O–H groups in total. The van der Waals surface area contributed by atoms with Gasteiger partial charge in [-0.1, -0.05) is 12.1 Å². The maximum Gasteiger partial charge on any atom is 0.226 e. The molecule has 1 aliphatic rings. The molecule has 1 aliphatic heterocycles. The van der Waals surface area contributed by atoms with Gasteiger partial charge in [-0.25, -0.2) is 4.98 Å². The standard InChI is InChI=1S/C17H20N6O2/c1-11-20-14-15(18)21-17-19-5-6-24-7-8-25-13-4-2-3-12(9-13)10-23(11)16(14)22-17/h2-4,9H,5-8,10H2,1H3,(H3,18,19,21,22). The molecular weight excluding hydrogens is 320 g/mol. The number of hydrogen-bond acceptors (Lipinski definition) is 7. The van der Waals surface area contributed by atoms with Crippen LogP contribution in [0.25, 0.3) is 11.2 Å². The number of aromatic nitrogens is 4. The van der Waals surface area contributed by atoms with Crippen molar-refractivity contribution in [2.24, 2.45) is 0 Å². The van der Waals surface area contributed by atoms with Gasteiger partial charge in [0.15, 0.2) is 17.0 Å². The zero-order chi connectivity index (χ0) is 17.2. The van der Waals surface area contributed by atoms with Gasteiger partial charge in [-0.15, -0.1) is 0 Å². The summed E-state index contributed by atoms with van der Waals surface area (Å²) in [5.41, 5.74) is 8.52. The summed E-state index contributed by atoms with van der Waals surface area (Å²) in [7, 11) is 0. The Morgan fingerprint density at radius 3 is 3.00 bits per heavy atom. The van der Waals surface area contributed by atoms with E-state index < -0.39 is 0 Å². The highest BCUT2D eigenvalue weighted by atomic mass is 16.5. The van der Waals surface area contributed by atoms with Gasteiger partial charge in [0.1, 0.15) is 18.2 Å². The minimum atomic E-state index is 0.372. The maximum absolute atomic E-state index is 6.08. The Morgan fingerprint density at radius 2 is 2.08 bits per heavy atom. The summed E-state index contributed by atoms with van der Waals surface area (Å²) in [5, 5.41) is 3.15. The monoisotopic (exact) mass is 340 g/mol. The average Bonchev–Trinajstić information content (AvgIpc) is 2.90. The largest absolute Gasteiger partial charge is 0.491 e. The van der Waals surface area contributed by atoms with Crippen LogP contribution in [0.15, 0.2) is 24.3 Å². The number of anilines is 2. The van der Waals surface area contributed by atoms with Crippen molar-refractivity contribution in [3.63, 3.8) is 0 Å². The van der Waals surface area contributed by atoms with E-state index in [1.54, 1.807) is 0 Å². The molecule has 8 nitrogen and oxygen atoms in total. The molecule has 0 amide bonds. The van der Waals surface area contributed by atoms with Crippen LogP contribution in [-0.2, 0) is 11.3 Å². The van der Waals surface area contributed by atoms with Gasteiger partial charge in [-0.2, -0.15) is 9.97 Å². The summed E-state index contributed by atoms with van der Waals surface area (Å²) in [4.78, 5) is 13.4. The van der Waals surface area contributed by atoms with Crippen molar-refractivity contribution < 1.29 is 9.47 Å². The van der Waals surface area contributed by atoms with Crippen molar-refractivity contribution in [3.8, 4) is 5.75 Å². The number of rotatable bonds is 0. The number of ether oxygens (including phenoxy) is 2. The summed E-state index contributed by atoms with van der Waals surface area (Å²) >= 11 is 0. The molecule has 8 heteroatoms. The van der Waals surface area contributed by atoms with Crippen molar-refractivity contribution >= 4 is 22.9 Å². The van der Waals surface area contributed by atoms with E-state index in [1.165, 1.54) is 0 Å². The van der Waals surface area contributed by atoms with Crippen LogP contribution in [0, 0.1) is 6.92 Å². The summed E-state index contributed by atoms with van der Waals surface area (Å²) < 4.78 is 13.3. The third-order valence-corrected chi connectivity index (χ3v) is 4.08. The van der Waals surface area contributed by atoms with E-state index in [-0.39, 0.29) is 0 Å². The molecule has 0 saturated carbocycles. The highest BCUT2D eigenvalue weighted by molar-refractivity contribution is 5.83. The minimum absolute atomic E-state index is 0.372. The van der Waals surface area contributed by atoms with Crippen LogP contribution in [0.4, 0.5) is 11.8 Å². The van der Waals surface area contributed by atoms with Gasteiger partial charge < -0.3 is 25.1 Å². The third kappa shape index (κ3) is 3.20. The van der Waals surface area contributed by atoms with Crippen LogP contribution in [0.5, 0.6) is 5.75 Å². The van der Waals surface area contributed by atoms with Gasteiger partial charge in [0.25, 0.3) is 0 Å². The molecule has 2 aromatic heterocycles. The molecule has 0 aliphatic carbocycles. The molecule has 0 unspecified atom stereocenters. The lowest BCUT2D eigenvalue weighted by Crippen LogP contribution is -2.15. The molecule has 130 valence electrons. The Balaban J connectivity index is 1.80. The van der Waals surface area contributed by atoms with Gasteiger partial charge >= 0.3 is 0 Å². The van der Waals surface area contributed by atoms with E-state index in [0.29, 0.717) is 50.2 Å². The Bertz CT molecular complexity index is 908. The topological polar surface area (TPSA) is 100 Å². The first kappa shape index (κ1) is 15.6. The molecule has 0 spiro atoms. The second kappa shape index (κ2) is 6.56. The first-order valence-electron chi connectivity index (χ1n) is 8.24. The number of benzene rings is 1. The fourth-order valence-electron chi connectivity index (χ4n) is 2.87.